The number of nitrogens with one attached hydrogen (secondary N) is 1. The van der Waals surface area contributed by atoms with Crippen LogP contribution >= 0.6 is 0 Å². The zero-order valence-corrected chi connectivity index (χ0v) is 12.5. The molecule has 0 aromatic heterocycles. The third-order valence-corrected chi connectivity index (χ3v) is 4.37. The van der Waals surface area contributed by atoms with Crippen LogP contribution in [0.2, 0.25) is 0 Å². The van der Waals surface area contributed by atoms with Crippen molar-refractivity contribution in [2.24, 2.45) is 0 Å². The van der Waals surface area contributed by atoms with Gasteiger partial charge < -0.3 is 10.4 Å². The number of nitriles is 1. The second-order valence-corrected chi connectivity index (χ2v) is 6.09. The van der Waals surface area contributed by atoms with E-state index in [9.17, 15) is 9.50 Å². The molecule has 0 radical (unpaired) electrons. The van der Waals surface area contributed by atoms with Gasteiger partial charge in [-0.15, -0.1) is 0 Å². The van der Waals surface area contributed by atoms with Crippen LogP contribution < -0.4 is 5.32 Å². The lowest BCUT2D eigenvalue weighted by Crippen LogP contribution is -2.41. The largest absolute Gasteiger partial charge is 0.389 e. The van der Waals surface area contributed by atoms with E-state index < -0.39 is 5.60 Å². The minimum Gasteiger partial charge on any atom is -0.389 e. The molecule has 0 aliphatic heterocycles. The molecule has 1 aromatic rings. The summed E-state index contributed by atoms with van der Waals surface area (Å²) < 4.78 is 14.0. The maximum atomic E-state index is 14.0. The maximum absolute atomic E-state index is 14.0. The molecule has 0 heterocycles. The number of hydrogen-bond donors (Lipinski definition) is 2. The van der Waals surface area contributed by atoms with E-state index in [1.165, 1.54) is 18.9 Å². The van der Waals surface area contributed by atoms with Crippen LogP contribution in [0.25, 0.3) is 0 Å². The number of benzene rings is 1. The molecule has 1 atom stereocenters. The van der Waals surface area contributed by atoms with E-state index in [1.807, 2.05) is 13.0 Å². The molecule has 2 N–H and O–H groups in total. The monoisotopic (exact) mass is 290 g/mol. The molecule has 2 rings (SSSR count). The van der Waals surface area contributed by atoms with Gasteiger partial charge in [0.15, 0.2) is 0 Å². The summed E-state index contributed by atoms with van der Waals surface area (Å²) in [4.78, 5) is 0. The fourth-order valence-electron chi connectivity index (χ4n) is 2.96. The summed E-state index contributed by atoms with van der Waals surface area (Å²) in [6.45, 7) is 2.36. The molecule has 1 aliphatic rings. The smallest absolute Gasteiger partial charge is 0.129 e. The fraction of sp³-hybridized carbons (Fsp3) is 0.588. The van der Waals surface area contributed by atoms with Gasteiger partial charge in [0, 0.05) is 18.2 Å². The van der Waals surface area contributed by atoms with Crippen LogP contribution in [0.4, 0.5) is 4.39 Å². The number of aliphatic hydroxyl groups is 1. The first kappa shape index (κ1) is 15.9. The predicted molar refractivity (Wildman–Crippen MR) is 80.2 cm³/mol. The van der Waals surface area contributed by atoms with Gasteiger partial charge in [0.25, 0.3) is 0 Å². The van der Waals surface area contributed by atoms with E-state index in [1.54, 1.807) is 12.1 Å². The summed E-state index contributed by atoms with van der Waals surface area (Å²) in [5.41, 5.74) is 0.186. The van der Waals surface area contributed by atoms with E-state index in [4.69, 9.17) is 5.26 Å². The third kappa shape index (κ3) is 4.26. The average Bonchev–Trinajstić information content (AvgIpc) is 2.70. The Kier molecular flexibility index (Phi) is 5.33. The van der Waals surface area contributed by atoms with Crippen molar-refractivity contribution in [2.75, 3.05) is 6.54 Å². The lowest BCUT2D eigenvalue weighted by atomic mass is 9.94. The second-order valence-electron chi connectivity index (χ2n) is 6.09. The summed E-state index contributed by atoms with van der Waals surface area (Å²) in [6.07, 6.45) is 6.09. The second kappa shape index (κ2) is 7.02. The quantitative estimate of drug-likeness (QED) is 0.835. The summed E-state index contributed by atoms with van der Waals surface area (Å²) >= 11 is 0. The van der Waals surface area contributed by atoms with Gasteiger partial charge >= 0.3 is 0 Å². The van der Waals surface area contributed by atoms with Gasteiger partial charge in [-0.2, -0.15) is 5.26 Å². The zero-order valence-electron chi connectivity index (χ0n) is 12.5. The van der Waals surface area contributed by atoms with Gasteiger partial charge in [0.2, 0.25) is 0 Å². The first-order valence-electron chi connectivity index (χ1n) is 7.69. The van der Waals surface area contributed by atoms with Crippen LogP contribution in [0, 0.1) is 17.1 Å². The van der Waals surface area contributed by atoms with Crippen molar-refractivity contribution < 1.29 is 9.50 Å². The van der Waals surface area contributed by atoms with Gasteiger partial charge in [-0.25, -0.2) is 4.39 Å². The van der Waals surface area contributed by atoms with Crippen LogP contribution in [0.1, 0.15) is 62.6 Å². The zero-order chi connectivity index (χ0) is 15.3. The van der Waals surface area contributed by atoms with Crippen molar-refractivity contribution in [1.82, 2.24) is 5.32 Å². The van der Waals surface area contributed by atoms with Gasteiger partial charge in [0.05, 0.1) is 17.2 Å². The Balaban J connectivity index is 1.98. The van der Waals surface area contributed by atoms with Crippen LogP contribution in [0.3, 0.4) is 0 Å². The van der Waals surface area contributed by atoms with Gasteiger partial charge in [0.1, 0.15) is 5.82 Å². The van der Waals surface area contributed by atoms with Gasteiger partial charge in [-0.05, 0) is 31.9 Å². The highest BCUT2D eigenvalue weighted by molar-refractivity contribution is 5.34. The van der Waals surface area contributed by atoms with Gasteiger partial charge in [-0.3, -0.25) is 0 Å². The lowest BCUT2D eigenvalue weighted by molar-refractivity contribution is 0.0230. The van der Waals surface area contributed by atoms with E-state index in [0.717, 1.165) is 25.7 Å². The Labute approximate surface area is 125 Å². The molecule has 21 heavy (non-hydrogen) atoms. The Bertz CT molecular complexity index is 516. The van der Waals surface area contributed by atoms with E-state index in [0.29, 0.717) is 17.7 Å². The molecule has 114 valence electrons. The SMILES string of the molecule is CC(NCC1(O)CCCCCC1)c1ccc(C#N)cc1F. The molecule has 1 saturated carbocycles. The van der Waals surface area contributed by atoms with Crippen molar-refractivity contribution in [3.63, 3.8) is 0 Å². The van der Waals surface area contributed by atoms with Crippen molar-refractivity contribution in [1.29, 1.82) is 5.26 Å². The minimum atomic E-state index is -0.673. The number of rotatable bonds is 4. The topological polar surface area (TPSA) is 56.0 Å². The highest BCUT2D eigenvalue weighted by atomic mass is 19.1. The molecule has 0 spiro atoms. The molecule has 3 nitrogen and oxygen atoms in total. The molecule has 0 bridgehead atoms. The van der Waals surface area contributed by atoms with Crippen molar-refractivity contribution in [3.05, 3.63) is 35.1 Å². The van der Waals surface area contributed by atoms with Gasteiger partial charge in [-0.1, -0.05) is 31.7 Å². The number of halogens is 1. The summed E-state index contributed by atoms with van der Waals surface area (Å²) in [6, 6.07) is 6.26. The van der Waals surface area contributed by atoms with Crippen molar-refractivity contribution in [3.8, 4) is 6.07 Å². The summed E-state index contributed by atoms with van der Waals surface area (Å²) in [7, 11) is 0. The molecule has 4 heteroatoms. The molecular weight excluding hydrogens is 267 g/mol. The highest BCUT2D eigenvalue weighted by Crippen LogP contribution is 2.27. The molecule has 0 saturated heterocycles. The Morgan fingerprint density at radius 1 is 1.33 bits per heavy atom. The third-order valence-electron chi connectivity index (χ3n) is 4.37. The average molecular weight is 290 g/mol. The summed E-state index contributed by atoms with van der Waals surface area (Å²) in [5.74, 6) is -0.373. The van der Waals surface area contributed by atoms with E-state index >= 15 is 0 Å². The lowest BCUT2D eigenvalue weighted by Gasteiger charge is -2.29. The van der Waals surface area contributed by atoms with Crippen molar-refractivity contribution >= 4 is 0 Å². The Morgan fingerprint density at radius 3 is 2.57 bits per heavy atom. The normalized spacial score (nSPS) is 19.5. The first-order chi connectivity index (χ1) is 10.0. The summed E-state index contributed by atoms with van der Waals surface area (Å²) in [5, 5.41) is 22.6. The molecule has 1 aliphatic carbocycles. The predicted octanol–water partition coefficient (Wildman–Crippen LogP) is 3.43. The Hall–Kier alpha value is -1.44. The van der Waals surface area contributed by atoms with Crippen LogP contribution in [-0.4, -0.2) is 17.3 Å². The molecule has 1 aromatic carbocycles. The number of nitrogens with zero attached hydrogens (tertiary/aromatic N) is 1. The maximum Gasteiger partial charge on any atom is 0.129 e. The highest BCUT2D eigenvalue weighted by Gasteiger charge is 2.28. The minimum absolute atomic E-state index is 0.190. The van der Waals surface area contributed by atoms with Crippen LogP contribution in [-0.2, 0) is 0 Å². The molecule has 1 unspecified atom stereocenters. The van der Waals surface area contributed by atoms with Crippen LogP contribution in [0.15, 0.2) is 18.2 Å². The standard InChI is InChI=1S/C17H23FN2O/c1-13(15-7-6-14(11-19)10-16(15)18)20-12-17(21)8-4-2-3-5-9-17/h6-7,10,13,20-21H,2-5,8-9,12H2,1H3. The van der Waals surface area contributed by atoms with E-state index in [2.05, 4.69) is 5.32 Å². The van der Waals surface area contributed by atoms with Crippen molar-refractivity contribution in [2.45, 2.75) is 57.1 Å². The number of hydrogen-bond acceptors (Lipinski definition) is 3. The van der Waals surface area contributed by atoms with E-state index in [-0.39, 0.29) is 11.9 Å². The Morgan fingerprint density at radius 2 is 2.00 bits per heavy atom. The van der Waals surface area contributed by atoms with Crippen LogP contribution in [0.5, 0.6) is 0 Å². The first-order valence-corrected chi connectivity index (χ1v) is 7.69. The molecule has 0 amide bonds. The molecule has 1 fully saturated rings. The molecular formula is C17H23FN2O. The fourth-order valence-corrected chi connectivity index (χ4v) is 2.96.